The molecular formula is C9H12N6O4. The average molecular weight is 268 g/mol. The Kier molecular flexibility index (Phi) is 3.97. The number of aliphatic hydroxyl groups excluding tert-OH is 1. The molecule has 1 aliphatic heterocycles. The van der Waals surface area contributed by atoms with Crippen molar-refractivity contribution in [2.75, 3.05) is 12.1 Å². The van der Waals surface area contributed by atoms with Crippen LogP contribution in [0.4, 0.5) is 5.82 Å². The number of rotatable bonds is 4. The Labute approximate surface area is 106 Å². The normalized spacial score (nSPS) is 25.9. The van der Waals surface area contributed by atoms with E-state index >= 15 is 0 Å². The summed E-state index contributed by atoms with van der Waals surface area (Å²) in [6, 6.07) is 0.849. The van der Waals surface area contributed by atoms with E-state index in [0.29, 0.717) is 0 Å². The molecule has 0 bridgehead atoms. The molecule has 0 saturated carbocycles. The third-order valence-corrected chi connectivity index (χ3v) is 2.84. The third kappa shape index (κ3) is 2.66. The molecule has 10 nitrogen and oxygen atoms in total. The number of anilines is 1. The summed E-state index contributed by atoms with van der Waals surface area (Å²) in [7, 11) is 0. The van der Waals surface area contributed by atoms with Crippen molar-refractivity contribution in [2.45, 2.75) is 24.8 Å². The van der Waals surface area contributed by atoms with Crippen LogP contribution in [0.1, 0.15) is 12.6 Å². The second kappa shape index (κ2) is 5.67. The van der Waals surface area contributed by atoms with Crippen molar-refractivity contribution in [1.82, 2.24) is 9.55 Å². The van der Waals surface area contributed by atoms with E-state index in [1.165, 1.54) is 16.8 Å². The number of azide groups is 1. The summed E-state index contributed by atoms with van der Waals surface area (Å²) in [5, 5.41) is 21.3. The molecule has 1 aliphatic rings. The van der Waals surface area contributed by atoms with Gasteiger partial charge in [0.15, 0.2) is 5.82 Å². The summed E-state index contributed by atoms with van der Waals surface area (Å²) in [5.41, 5.74) is 9.56. The molecule has 1 fully saturated rings. The molecule has 0 aliphatic carbocycles. The van der Waals surface area contributed by atoms with Crippen molar-refractivity contribution in [2.24, 2.45) is 5.11 Å². The molecule has 0 spiro atoms. The number of nitrogens with zero attached hydrogens (tertiary/aromatic N) is 5. The first-order valence-corrected chi connectivity index (χ1v) is 5.49. The van der Waals surface area contributed by atoms with Crippen LogP contribution in [-0.2, 0) is 4.74 Å². The monoisotopic (exact) mass is 268 g/mol. The third-order valence-electron chi connectivity index (χ3n) is 2.84. The van der Waals surface area contributed by atoms with Crippen molar-refractivity contribution in [3.8, 4) is 0 Å². The van der Waals surface area contributed by atoms with Crippen molar-refractivity contribution in [3.05, 3.63) is 33.2 Å². The lowest BCUT2D eigenvalue weighted by Crippen LogP contribution is -2.27. The zero-order valence-corrected chi connectivity index (χ0v) is 9.75. The lowest BCUT2D eigenvalue weighted by molar-refractivity contribution is -0.0270. The van der Waals surface area contributed by atoms with Crippen LogP contribution in [0.25, 0.3) is 10.4 Å². The predicted octanol–water partition coefficient (Wildman–Crippen LogP) is 0.00310. The molecule has 2 rings (SSSR count). The first-order chi connectivity index (χ1) is 9.19. The van der Waals surface area contributed by atoms with Crippen LogP contribution in [0.15, 0.2) is 22.2 Å². The molecule has 1 aromatic heterocycles. The summed E-state index contributed by atoms with van der Waals surface area (Å²) in [6.07, 6.45) is 0.345. The van der Waals surface area contributed by atoms with E-state index in [9.17, 15) is 4.79 Å². The van der Waals surface area contributed by atoms with Gasteiger partial charge in [-0.15, -0.1) is 0 Å². The summed E-state index contributed by atoms with van der Waals surface area (Å²) in [4.78, 5) is 17.9. The fraction of sp³-hybridized carbons (Fsp3) is 0.556. The van der Waals surface area contributed by atoms with Crippen molar-refractivity contribution in [3.63, 3.8) is 0 Å². The van der Waals surface area contributed by atoms with Crippen LogP contribution in [0.5, 0.6) is 0 Å². The van der Waals surface area contributed by atoms with Crippen molar-refractivity contribution >= 4 is 5.82 Å². The molecule has 0 aromatic carbocycles. The SMILES string of the molecule is [N-]=[N+]=NC1C[C@@H](n2ccc(NO)nc2=O)O[C@H]1CO. The number of nitrogens with one attached hydrogen (secondary N) is 1. The summed E-state index contributed by atoms with van der Waals surface area (Å²) in [6.45, 7) is -0.307. The fourth-order valence-electron chi connectivity index (χ4n) is 1.93. The highest BCUT2D eigenvalue weighted by Crippen LogP contribution is 2.29. The molecule has 10 heteroatoms. The average Bonchev–Trinajstić information content (AvgIpc) is 2.82. The minimum absolute atomic E-state index is 0.0181. The van der Waals surface area contributed by atoms with Crippen LogP contribution < -0.4 is 11.2 Å². The zero-order chi connectivity index (χ0) is 13.8. The molecule has 0 amide bonds. The molecule has 2 heterocycles. The maximum Gasteiger partial charge on any atom is 0.351 e. The van der Waals surface area contributed by atoms with Gasteiger partial charge in [0.05, 0.1) is 18.8 Å². The lowest BCUT2D eigenvalue weighted by Gasteiger charge is -2.14. The maximum absolute atomic E-state index is 11.7. The largest absolute Gasteiger partial charge is 0.394 e. The highest BCUT2D eigenvalue weighted by atomic mass is 16.5. The second-order valence-corrected chi connectivity index (χ2v) is 3.93. The van der Waals surface area contributed by atoms with Crippen molar-refractivity contribution in [1.29, 1.82) is 0 Å². The Morgan fingerprint density at radius 2 is 2.53 bits per heavy atom. The minimum Gasteiger partial charge on any atom is -0.394 e. The van der Waals surface area contributed by atoms with Gasteiger partial charge in [0.1, 0.15) is 6.23 Å². The highest BCUT2D eigenvalue weighted by Gasteiger charge is 2.35. The molecular weight excluding hydrogens is 256 g/mol. The molecule has 0 radical (unpaired) electrons. The number of hydrogen-bond acceptors (Lipinski definition) is 7. The topological polar surface area (TPSA) is 145 Å². The van der Waals surface area contributed by atoms with Gasteiger partial charge in [-0.1, -0.05) is 5.11 Å². The summed E-state index contributed by atoms with van der Waals surface area (Å²) >= 11 is 0. The first kappa shape index (κ1) is 13.3. The van der Waals surface area contributed by atoms with Gasteiger partial charge in [-0.25, -0.2) is 4.79 Å². The summed E-state index contributed by atoms with van der Waals surface area (Å²) in [5.74, 6) is 0.0181. The van der Waals surface area contributed by atoms with Gasteiger partial charge in [0.25, 0.3) is 0 Å². The fourth-order valence-corrected chi connectivity index (χ4v) is 1.93. The van der Waals surface area contributed by atoms with Gasteiger partial charge in [-0.05, 0) is 11.6 Å². The molecule has 3 atom stereocenters. The molecule has 19 heavy (non-hydrogen) atoms. The quantitative estimate of drug-likeness (QED) is 0.303. The Balaban J connectivity index is 2.24. The predicted molar refractivity (Wildman–Crippen MR) is 62.5 cm³/mol. The van der Waals surface area contributed by atoms with E-state index < -0.39 is 24.1 Å². The van der Waals surface area contributed by atoms with Gasteiger partial charge < -0.3 is 9.84 Å². The Morgan fingerprint density at radius 1 is 1.74 bits per heavy atom. The maximum atomic E-state index is 11.7. The standard InChI is InChI=1S/C9H12N6O4/c10-14-12-5-3-8(19-6(5)4-16)15-2-1-7(13-18)11-9(15)17/h1-2,5-6,8,16,18H,3-4H2,(H,11,13,17)/t5?,6-,8-/m0/s1. The lowest BCUT2D eigenvalue weighted by atomic mass is 10.1. The number of aliphatic hydroxyl groups is 1. The van der Waals surface area contributed by atoms with Crippen LogP contribution in [0.2, 0.25) is 0 Å². The first-order valence-electron chi connectivity index (χ1n) is 5.49. The minimum atomic E-state index is -0.666. The van der Waals surface area contributed by atoms with Crippen LogP contribution >= 0.6 is 0 Å². The smallest absolute Gasteiger partial charge is 0.351 e. The van der Waals surface area contributed by atoms with E-state index in [2.05, 4.69) is 15.0 Å². The van der Waals surface area contributed by atoms with E-state index in [1.807, 2.05) is 0 Å². The molecule has 1 aromatic rings. The van der Waals surface area contributed by atoms with E-state index in [0.717, 1.165) is 0 Å². The Hall–Kier alpha value is -2.13. The number of aromatic nitrogens is 2. The Bertz CT molecular complexity index is 554. The molecule has 1 saturated heterocycles. The summed E-state index contributed by atoms with van der Waals surface area (Å²) < 4.78 is 6.65. The molecule has 102 valence electrons. The van der Waals surface area contributed by atoms with Gasteiger partial charge in [0.2, 0.25) is 0 Å². The van der Waals surface area contributed by atoms with Gasteiger partial charge >= 0.3 is 5.69 Å². The van der Waals surface area contributed by atoms with Gasteiger partial charge in [-0.3, -0.25) is 15.3 Å². The van der Waals surface area contributed by atoms with Gasteiger partial charge in [-0.2, -0.15) is 4.98 Å². The highest BCUT2D eigenvalue weighted by molar-refractivity contribution is 5.28. The Morgan fingerprint density at radius 3 is 3.11 bits per heavy atom. The van der Waals surface area contributed by atoms with Crippen molar-refractivity contribution < 1.29 is 15.1 Å². The molecule has 1 unspecified atom stereocenters. The van der Waals surface area contributed by atoms with Crippen LogP contribution in [0, 0.1) is 0 Å². The van der Waals surface area contributed by atoms with E-state index in [1.54, 1.807) is 5.48 Å². The second-order valence-electron chi connectivity index (χ2n) is 3.93. The molecule has 3 N–H and O–H groups in total. The van der Waals surface area contributed by atoms with E-state index in [-0.39, 0.29) is 18.8 Å². The number of ether oxygens (including phenoxy) is 1. The van der Waals surface area contributed by atoms with Gasteiger partial charge in [0, 0.05) is 17.5 Å². The number of hydrogen-bond donors (Lipinski definition) is 3. The van der Waals surface area contributed by atoms with Crippen LogP contribution in [-0.4, -0.2) is 38.6 Å². The zero-order valence-electron chi connectivity index (χ0n) is 9.75. The van der Waals surface area contributed by atoms with Crippen LogP contribution in [0.3, 0.4) is 0 Å². The van der Waals surface area contributed by atoms with E-state index in [4.69, 9.17) is 20.6 Å².